The van der Waals surface area contributed by atoms with E-state index in [4.69, 9.17) is 5.73 Å². The second-order valence-electron chi connectivity index (χ2n) is 4.79. The predicted octanol–water partition coefficient (Wildman–Crippen LogP) is 4.00. The third kappa shape index (κ3) is 2.83. The van der Waals surface area contributed by atoms with Crippen molar-refractivity contribution in [3.05, 3.63) is 59.7 Å². The first-order chi connectivity index (χ1) is 8.68. The van der Waals surface area contributed by atoms with Crippen molar-refractivity contribution in [1.29, 1.82) is 0 Å². The van der Waals surface area contributed by atoms with Crippen molar-refractivity contribution >= 4 is 11.4 Å². The third-order valence-corrected chi connectivity index (χ3v) is 3.11. The Balaban J connectivity index is 2.14. The zero-order chi connectivity index (χ0) is 13.0. The monoisotopic (exact) mass is 240 g/mol. The lowest BCUT2D eigenvalue weighted by atomic mass is 10.0. The van der Waals surface area contributed by atoms with Crippen LogP contribution in [0.3, 0.4) is 0 Å². The molecule has 0 heterocycles. The summed E-state index contributed by atoms with van der Waals surface area (Å²) in [5, 5.41) is 3.47. The molecular weight excluding hydrogens is 220 g/mol. The maximum atomic E-state index is 5.94. The molecule has 0 aromatic heterocycles. The summed E-state index contributed by atoms with van der Waals surface area (Å²) < 4.78 is 0. The van der Waals surface area contributed by atoms with Gasteiger partial charge in [-0.2, -0.15) is 0 Å². The van der Waals surface area contributed by atoms with Gasteiger partial charge in [0, 0.05) is 17.9 Å². The molecule has 2 aromatic carbocycles. The lowest BCUT2D eigenvalue weighted by Gasteiger charge is -2.15. The highest BCUT2D eigenvalue weighted by atomic mass is 14.9. The maximum absolute atomic E-state index is 5.94. The molecule has 0 fully saturated rings. The summed E-state index contributed by atoms with van der Waals surface area (Å²) >= 11 is 0. The minimum atomic E-state index is 0.516. The van der Waals surface area contributed by atoms with Crippen molar-refractivity contribution in [2.75, 3.05) is 11.1 Å². The SMILES string of the molecule is CC(C)c1ccccc1NCc1ccccc1N. The van der Waals surface area contributed by atoms with E-state index in [-0.39, 0.29) is 0 Å². The number of para-hydroxylation sites is 2. The molecule has 0 unspecified atom stereocenters. The Labute approximate surface area is 109 Å². The van der Waals surface area contributed by atoms with E-state index >= 15 is 0 Å². The molecule has 0 amide bonds. The van der Waals surface area contributed by atoms with E-state index in [9.17, 15) is 0 Å². The first kappa shape index (κ1) is 12.5. The number of hydrogen-bond acceptors (Lipinski definition) is 2. The predicted molar refractivity (Wildman–Crippen MR) is 78.7 cm³/mol. The molecule has 0 atom stereocenters. The highest BCUT2D eigenvalue weighted by Crippen LogP contribution is 2.24. The van der Waals surface area contributed by atoms with Crippen molar-refractivity contribution in [2.45, 2.75) is 26.3 Å². The Kier molecular flexibility index (Phi) is 3.88. The fourth-order valence-electron chi connectivity index (χ4n) is 2.05. The quantitative estimate of drug-likeness (QED) is 0.793. The fourth-order valence-corrected chi connectivity index (χ4v) is 2.05. The molecule has 0 aliphatic heterocycles. The average Bonchev–Trinajstić information content (AvgIpc) is 2.38. The summed E-state index contributed by atoms with van der Waals surface area (Å²) in [6.07, 6.45) is 0. The van der Waals surface area contributed by atoms with Crippen LogP contribution in [0.5, 0.6) is 0 Å². The second kappa shape index (κ2) is 5.58. The van der Waals surface area contributed by atoms with Crippen LogP contribution in [0, 0.1) is 0 Å². The van der Waals surface area contributed by atoms with Crippen LogP contribution in [0.2, 0.25) is 0 Å². The molecule has 2 rings (SSSR count). The fraction of sp³-hybridized carbons (Fsp3) is 0.250. The molecule has 18 heavy (non-hydrogen) atoms. The van der Waals surface area contributed by atoms with Gasteiger partial charge < -0.3 is 11.1 Å². The van der Waals surface area contributed by atoms with Crippen LogP contribution in [0.4, 0.5) is 11.4 Å². The molecule has 3 N–H and O–H groups in total. The Morgan fingerprint density at radius 1 is 1.00 bits per heavy atom. The largest absolute Gasteiger partial charge is 0.398 e. The number of anilines is 2. The highest BCUT2D eigenvalue weighted by molar-refractivity contribution is 5.55. The van der Waals surface area contributed by atoms with Gasteiger partial charge >= 0.3 is 0 Å². The van der Waals surface area contributed by atoms with Gasteiger partial charge in [-0.05, 0) is 29.2 Å². The average molecular weight is 240 g/mol. The number of nitrogens with two attached hydrogens (primary N) is 1. The first-order valence-corrected chi connectivity index (χ1v) is 6.34. The summed E-state index contributed by atoms with van der Waals surface area (Å²) in [7, 11) is 0. The van der Waals surface area contributed by atoms with Crippen molar-refractivity contribution in [1.82, 2.24) is 0 Å². The first-order valence-electron chi connectivity index (χ1n) is 6.34. The Hall–Kier alpha value is -1.96. The molecule has 2 nitrogen and oxygen atoms in total. The van der Waals surface area contributed by atoms with Gasteiger partial charge in [0.2, 0.25) is 0 Å². The molecule has 2 aromatic rings. The van der Waals surface area contributed by atoms with E-state index in [1.54, 1.807) is 0 Å². The van der Waals surface area contributed by atoms with Crippen molar-refractivity contribution < 1.29 is 0 Å². The lowest BCUT2D eigenvalue weighted by molar-refractivity contribution is 0.865. The van der Waals surface area contributed by atoms with E-state index in [2.05, 4.69) is 49.5 Å². The molecule has 0 radical (unpaired) electrons. The molecule has 0 aliphatic carbocycles. The molecule has 0 saturated carbocycles. The van der Waals surface area contributed by atoms with E-state index in [1.807, 2.05) is 18.2 Å². The van der Waals surface area contributed by atoms with Crippen LogP contribution < -0.4 is 11.1 Å². The van der Waals surface area contributed by atoms with Crippen molar-refractivity contribution in [3.63, 3.8) is 0 Å². The van der Waals surface area contributed by atoms with E-state index in [0.717, 1.165) is 17.8 Å². The molecule has 94 valence electrons. The zero-order valence-electron chi connectivity index (χ0n) is 11.0. The molecule has 0 spiro atoms. The summed E-state index contributed by atoms with van der Waals surface area (Å²) in [6, 6.07) is 16.4. The van der Waals surface area contributed by atoms with Crippen LogP contribution in [0.1, 0.15) is 30.9 Å². The number of nitrogen functional groups attached to an aromatic ring is 1. The molecule has 2 heteroatoms. The highest BCUT2D eigenvalue weighted by Gasteiger charge is 2.05. The van der Waals surface area contributed by atoms with Gasteiger partial charge in [-0.15, -0.1) is 0 Å². The number of hydrogen-bond donors (Lipinski definition) is 2. The van der Waals surface area contributed by atoms with Crippen LogP contribution in [-0.2, 0) is 6.54 Å². The minimum Gasteiger partial charge on any atom is -0.398 e. The van der Waals surface area contributed by atoms with Crippen LogP contribution in [0.25, 0.3) is 0 Å². The normalized spacial score (nSPS) is 10.6. The molecule has 0 bridgehead atoms. The van der Waals surface area contributed by atoms with E-state index < -0.39 is 0 Å². The van der Waals surface area contributed by atoms with Crippen molar-refractivity contribution in [3.8, 4) is 0 Å². The van der Waals surface area contributed by atoms with E-state index in [1.165, 1.54) is 11.3 Å². The van der Waals surface area contributed by atoms with Gasteiger partial charge in [0.15, 0.2) is 0 Å². The van der Waals surface area contributed by atoms with Gasteiger partial charge in [-0.3, -0.25) is 0 Å². The number of rotatable bonds is 4. The summed E-state index contributed by atoms with van der Waals surface area (Å²) in [5.41, 5.74) is 10.4. The van der Waals surface area contributed by atoms with Crippen LogP contribution in [0.15, 0.2) is 48.5 Å². The maximum Gasteiger partial charge on any atom is 0.0421 e. The molecular formula is C16H20N2. The zero-order valence-corrected chi connectivity index (χ0v) is 11.0. The van der Waals surface area contributed by atoms with Crippen LogP contribution in [-0.4, -0.2) is 0 Å². The van der Waals surface area contributed by atoms with Crippen molar-refractivity contribution in [2.24, 2.45) is 0 Å². The van der Waals surface area contributed by atoms with E-state index in [0.29, 0.717) is 5.92 Å². The standard InChI is InChI=1S/C16H20N2/c1-12(2)14-8-4-6-10-16(14)18-11-13-7-3-5-9-15(13)17/h3-10,12,18H,11,17H2,1-2H3. The van der Waals surface area contributed by atoms with Gasteiger partial charge in [0.1, 0.15) is 0 Å². The topological polar surface area (TPSA) is 38.0 Å². The smallest absolute Gasteiger partial charge is 0.0421 e. The Morgan fingerprint density at radius 3 is 2.39 bits per heavy atom. The summed E-state index contributed by atoms with van der Waals surface area (Å²) in [5.74, 6) is 0.516. The Morgan fingerprint density at radius 2 is 1.67 bits per heavy atom. The molecule has 0 aliphatic rings. The third-order valence-electron chi connectivity index (χ3n) is 3.11. The second-order valence-corrected chi connectivity index (χ2v) is 4.79. The van der Waals surface area contributed by atoms with Gasteiger partial charge in [0.25, 0.3) is 0 Å². The molecule has 0 saturated heterocycles. The van der Waals surface area contributed by atoms with Gasteiger partial charge in [0.05, 0.1) is 0 Å². The van der Waals surface area contributed by atoms with Gasteiger partial charge in [-0.1, -0.05) is 50.2 Å². The summed E-state index contributed by atoms with van der Waals surface area (Å²) in [6.45, 7) is 5.17. The summed E-state index contributed by atoms with van der Waals surface area (Å²) in [4.78, 5) is 0. The minimum absolute atomic E-state index is 0.516. The number of benzene rings is 2. The van der Waals surface area contributed by atoms with Gasteiger partial charge in [-0.25, -0.2) is 0 Å². The Bertz CT molecular complexity index is 518. The number of nitrogens with one attached hydrogen (secondary N) is 1. The van der Waals surface area contributed by atoms with Crippen LogP contribution >= 0.6 is 0 Å². The lowest BCUT2D eigenvalue weighted by Crippen LogP contribution is -2.05.